The quantitative estimate of drug-likeness (QED) is 0.411. The first-order chi connectivity index (χ1) is 15.4. The second kappa shape index (κ2) is 9.21. The number of aromatic amines is 1. The van der Waals surface area contributed by atoms with Crippen LogP contribution in [0.25, 0.3) is 10.8 Å². The van der Waals surface area contributed by atoms with Gasteiger partial charge in [0, 0.05) is 26.7 Å². The summed E-state index contributed by atoms with van der Waals surface area (Å²) < 4.78 is 5.56. The predicted molar refractivity (Wildman–Crippen MR) is 122 cm³/mol. The molecule has 2 N–H and O–H groups in total. The van der Waals surface area contributed by atoms with Gasteiger partial charge in [-0.3, -0.25) is 9.59 Å². The van der Waals surface area contributed by atoms with E-state index in [0.29, 0.717) is 26.7 Å². The lowest BCUT2D eigenvalue weighted by Gasteiger charge is -2.18. The molecular formula is C23H15Cl2N3O4. The zero-order valence-electron chi connectivity index (χ0n) is 16.3. The van der Waals surface area contributed by atoms with E-state index in [-0.39, 0.29) is 11.1 Å². The Morgan fingerprint density at radius 2 is 1.53 bits per heavy atom. The maximum atomic E-state index is 13.1. The third-order valence-electron chi connectivity index (χ3n) is 4.58. The van der Waals surface area contributed by atoms with E-state index in [0.717, 1.165) is 0 Å². The van der Waals surface area contributed by atoms with Gasteiger partial charge in [0.05, 0.1) is 5.39 Å². The van der Waals surface area contributed by atoms with Crippen molar-refractivity contribution in [2.24, 2.45) is 0 Å². The summed E-state index contributed by atoms with van der Waals surface area (Å²) in [6, 6.07) is 19.6. The van der Waals surface area contributed by atoms with Crippen LogP contribution >= 0.6 is 23.2 Å². The number of anilines is 1. The van der Waals surface area contributed by atoms with Gasteiger partial charge in [-0.1, -0.05) is 71.7 Å². The molecule has 0 bridgehead atoms. The van der Waals surface area contributed by atoms with Crippen LogP contribution in [0.4, 0.5) is 5.69 Å². The van der Waals surface area contributed by atoms with Crippen molar-refractivity contribution in [1.82, 2.24) is 10.2 Å². The maximum absolute atomic E-state index is 13.1. The molecule has 0 radical (unpaired) electrons. The van der Waals surface area contributed by atoms with Crippen molar-refractivity contribution in [3.8, 4) is 0 Å². The van der Waals surface area contributed by atoms with Crippen molar-refractivity contribution in [2.75, 3.05) is 5.32 Å². The average molecular weight is 468 g/mol. The van der Waals surface area contributed by atoms with Crippen LogP contribution in [0.2, 0.25) is 10.0 Å². The van der Waals surface area contributed by atoms with Crippen LogP contribution in [0.3, 0.4) is 0 Å². The lowest BCUT2D eigenvalue weighted by Crippen LogP contribution is -2.27. The fourth-order valence-corrected chi connectivity index (χ4v) is 3.69. The molecule has 3 aromatic carbocycles. The van der Waals surface area contributed by atoms with Gasteiger partial charge < -0.3 is 10.1 Å². The standard InChI is InChI=1S/C23H15Cl2N3O4/c24-14-10-15(25)12-16(11-14)26-22(30)20(13-6-2-1-3-7-13)32-23(31)19-17-8-4-5-9-18(17)21(29)28-27-19/h1-12,20H,(H,26,30)(H,28,29)/t20-/m0/s1. The fourth-order valence-electron chi connectivity index (χ4n) is 3.17. The van der Waals surface area contributed by atoms with Gasteiger partial charge in [0.2, 0.25) is 6.10 Å². The van der Waals surface area contributed by atoms with Gasteiger partial charge in [0.15, 0.2) is 5.69 Å². The topological polar surface area (TPSA) is 101 Å². The first-order valence-corrected chi connectivity index (χ1v) is 10.2. The number of rotatable bonds is 5. The van der Waals surface area contributed by atoms with Gasteiger partial charge in [-0.25, -0.2) is 9.89 Å². The SMILES string of the molecule is O=C(O[C@H](C(=O)Nc1cc(Cl)cc(Cl)c1)c1ccccc1)c1n[nH]c(=O)c2ccccc12. The number of halogens is 2. The molecule has 1 heterocycles. The van der Waals surface area contributed by atoms with Crippen molar-refractivity contribution in [2.45, 2.75) is 6.10 Å². The highest BCUT2D eigenvalue weighted by molar-refractivity contribution is 6.35. The second-order valence-corrected chi connectivity index (χ2v) is 7.66. The minimum Gasteiger partial charge on any atom is -0.442 e. The number of amides is 1. The number of hydrogen-bond acceptors (Lipinski definition) is 5. The molecule has 1 atom stereocenters. The van der Waals surface area contributed by atoms with E-state index in [1.807, 2.05) is 0 Å². The number of hydrogen-bond donors (Lipinski definition) is 2. The summed E-state index contributed by atoms with van der Waals surface area (Å²) in [6.45, 7) is 0. The van der Waals surface area contributed by atoms with Crippen LogP contribution < -0.4 is 10.9 Å². The molecule has 4 aromatic rings. The Balaban J connectivity index is 1.67. The van der Waals surface area contributed by atoms with Crippen molar-refractivity contribution in [1.29, 1.82) is 0 Å². The number of esters is 1. The number of carbonyl (C=O) groups is 2. The molecule has 1 aromatic heterocycles. The normalized spacial score (nSPS) is 11.7. The highest BCUT2D eigenvalue weighted by Crippen LogP contribution is 2.26. The van der Waals surface area contributed by atoms with Gasteiger partial charge in [-0.15, -0.1) is 0 Å². The minimum atomic E-state index is -1.30. The molecular weight excluding hydrogens is 453 g/mol. The molecule has 0 fully saturated rings. The Labute approximate surface area is 191 Å². The van der Waals surface area contributed by atoms with E-state index in [1.165, 1.54) is 18.2 Å². The second-order valence-electron chi connectivity index (χ2n) is 6.79. The van der Waals surface area contributed by atoms with Gasteiger partial charge >= 0.3 is 5.97 Å². The average Bonchev–Trinajstić information content (AvgIpc) is 2.77. The number of aromatic nitrogens is 2. The summed E-state index contributed by atoms with van der Waals surface area (Å²) in [5, 5.41) is 10.1. The molecule has 0 saturated heterocycles. The van der Waals surface area contributed by atoms with E-state index in [1.54, 1.807) is 54.6 Å². The van der Waals surface area contributed by atoms with E-state index < -0.39 is 23.5 Å². The largest absolute Gasteiger partial charge is 0.442 e. The van der Waals surface area contributed by atoms with Crippen molar-refractivity contribution in [3.63, 3.8) is 0 Å². The monoisotopic (exact) mass is 467 g/mol. The van der Waals surface area contributed by atoms with Crippen molar-refractivity contribution >= 4 is 51.5 Å². The van der Waals surface area contributed by atoms with Gasteiger partial charge in [0.1, 0.15) is 0 Å². The zero-order valence-corrected chi connectivity index (χ0v) is 17.9. The lowest BCUT2D eigenvalue weighted by atomic mass is 10.1. The summed E-state index contributed by atoms with van der Waals surface area (Å²) in [5.41, 5.74) is 0.240. The molecule has 9 heteroatoms. The fraction of sp³-hybridized carbons (Fsp3) is 0.0435. The lowest BCUT2D eigenvalue weighted by molar-refractivity contribution is -0.125. The van der Waals surface area contributed by atoms with Crippen molar-refractivity contribution in [3.05, 3.63) is 104 Å². The summed E-state index contributed by atoms with van der Waals surface area (Å²) in [4.78, 5) is 38.1. The smallest absolute Gasteiger partial charge is 0.360 e. The molecule has 1 amide bonds. The number of benzene rings is 3. The molecule has 0 aliphatic rings. The summed E-state index contributed by atoms with van der Waals surface area (Å²) in [5.74, 6) is -1.48. The van der Waals surface area contributed by atoms with Crippen LogP contribution in [0.5, 0.6) is 0 Å². The summed E-state index contributed by atoms with van der Waals surface area (Å²) in [6.07, 6.45) is -1.30. The molecule has 4 rings (SSSR count). The number of carbonyl (C=O) groups excluding carboxylic acids is 2. The third-order valence-corrected chi connectivity index (χ3v) is 5.02. The Kier molecular flexibility index (Phi) is 6.20. The molecule has 32 heavy (non-hydrogen) atoms. The molecule has 0 saturated carbocycles. The Bertz CT molecular complexity index is 1350. The Morgan fingerprint density at radius 3 is 2.22 bits per heavy atom. The number of ether oxygens (including phenoxy) is 1. The van der Waals surface area contributed by atoms with Gasteiger partial charge in [0.25, 0.3) is 11.5 Å². The van der Waals surface area contributed by atoms with Crippen LogP contribution in [-0.2, 0) is 9.53 Å². The highest BCUT2D eigenvalue weighted by atomic mass is 35.5. The van der Waals surface area contributed by atoms with Crippen LogP contribution in [0.1, 0.15) is 22.2 Å². The molecule has 0 aliphatic carbocycles. The molecule has 0 aliphatic heterocycles. The summed E-state index contributed by atoms with van der Waals surface area (Å²) in [7, 11) is 0. The number of nitrogens with zero attached hydrogens (tertiary/aromatic N) is 1. The van der Waals surface area contributed by atoms with Gasteiger partial charge in [-0.05, 0) is 24.3 Å². The van der Waals surface area contributed by atoms with Crippen LogP contribution in [-0.4, -0.2) is 22.1 Å². The maximum Gasteiger partial charge on any atom is 0.360 e. The highest BCUT2D eigenvalue weighted by Gasteiger charge is 2.27. The predicted octanol–water partition coefficient (Wildman–Crippen LogP) is 4.77. The number of nitrogens with one attached hydrogen (secondary N) is 2. The first-order valence-electron chi connectivity index (χ1n) is 9.42. The van der Waals surface area contributed by atoms with E-state index in [9.17, 15) is 14.4 Å². The Morgan fingerprint density at radius 1 is 0.906 bits per heavy atom. The zero-order chi connectivity index (χ0) is 22.7. The third kappa shape index (κ3) is 4.64. The Hall–Kier alpha value is -3.68. The van der Waals surface area contributed by atoms with E-state index in [4.69, 9.17) is 27.9 Å². The number of H-pyrrole nitrogens is 1. The van der Waals surface area contributed by atoms with Crippen LogP contribution in [0, 0.1) is 0 Å². The van der Waals surface area contributed by atoms with E-state index in [2.05, 4.69) is 15.5 Å². The summed E-state index contributed by atoms with van der Waals surface area (Å²) >= 11 is 12.0. The van der Waals surface area contributed by atoms with Crippen LogP contribution in [0.15, 0.2) is 77.6 Å². The first kappa shape index (κ1) is 21.5. The minimum absolute atomic E-state index is 0.111. The molecule has 0 spiro atoms. The molecule has 0 unspecified atom stereocenters. The molecule has 7 nitrogen and oxygen atoms in total. The van der Waals surface area contributed by atoms with E-state index >= 15 is 0 Å². The van der Waals surface area contributed by atoms with Gasteiger partial charge in [-0.2, -0.15) is 5.10 Å². The molecule has 160 valence electrons. The van der Waals surface area contributed by atoms with Crippen molar-refractivity contribution < 1.29 is 14.3 Å². The number of fused-ring (bicyclic) bond motifs is 1.